The number of carbonyl (C=O) groups excluding carboxylic acids is 1. The van der Waals surface area contributed by atoms with Crippen LogP contribution >= 0.6 is 0 Å². The Labute approximate surface area is 182 Å². The molecule has 0 aliphatic heterocycles. The van der Waals surface area contributed by atoms with Crippen LogP contribution in [0.1, 0.15) is 17.3 Å². The van der Waals surface area contributed by atoms with Gasteiger partial charge in [-0.25, -0.2) is 0 Å². The molecule has 0 aliphatic rings. The van der Waals surface area contributed by atoms with Gasteiger partial charge in [0.2, 0.25) is 0 Å². The van der Waals surface area contributed by atoms with E-state index < -0.39 is 0 Å². The van der Waals surface area contributed by atoms with Gasteiger partial charge in [-0.15, -0.1) is 0 Å². The minimum absolute atomic E-state index is 0.0453. The van der Waals surface area contributed by atoms with Gasteiger partial charge < -0.3 is 0 Å². The molecule has 5 rings (SSSR count). The van der Waals surface area contributed by atoms with E-state index >= 15 is 0 Å². The van der Waals surface area contributed by atoms with Gasteiger partial charge in [0.05, 0.1) is 0 Å². The molecule has 146 valence electrons. The monoisotopic (exact) mass is 455 g/mol. The van der Waals surface area contributed by atoms with Crippen molar-refractivity contribution >= 4 is 51.5 Å². The second kappa shape index (κ2) is 7.60. The molecule has 0 atom stereocenters. The van der Waals surface area contributed by atoms with Gasteiger partial charge >= 0.3 is 182 Å². The zero-order valence-corrected chi connectivity index (χ0v) is 18.6. The standard InChI is InChI=1S/C27H21NOSe/c1-18-9-8-14-24-25(18)27(30-23-12-4-3-5-13-23)26(28(24)19(2)29)22-16-15-20-10-6-7-11-21(20)17-22/h3-17H,1-2H3. The zero-order valence-electron chi connectivity index (χ0n) is 16.9. The summed E-state index contributed by atoms with van der Waals surface area (Å²) in [5.74, 6) is 0.0453. The van der Waals surface area contributed by atoms with Crippen molar-refractivity contribution in [3.63, 3.8) is 0 Å². The van der Waals surface area contributed by atoms with E-state index in [1.165, 1.54) is 30.6 Å². The van der Waals surface area contributed by atoms with E-state index in [2.05, 4.69) is 85.8 Å². The average molecular weight is 454 g/mol. The number of nitrogens with zero attached hydrogens (tertiary/aromatic N) is 1. The van der Waals surface area contributed by atoms with Gasteiger partial charge in [0.1, 0.15) is 0 Å². The van der Waals surface area contributed by atoms with Gasteiger partial charge in [-0.3, -0.25) is 0 Å². The second-order valence-electron chi connectivity index (χ2n) is 7.48. The summed E-state index contributed by atoms with van der Waals surface area (Å²) < 4.78 is 4.48. The molecule has 0 fully saturated rings. The molecule has 2 nitrogen and oxygen atoms in total. The van der Waals surface area contributed by atoms with Crippen molar-refractivity contribution < 1.29 is 4.79 Å². The summed E-state index contributed by atoms with van der Waals surface area (Å²) >= 11 is 0.0767. The summed E-state index contributed by atoms with van der Waals surface area (Å²) in [6.45, 7) is 3.80. The Kier molecular flexibility index (Phi) is 4.78. The summed E-state index contributed by atoms with van der Waals surface area (Å²) in [7, 11) is 0. The van der Waals surface area contributed by atoms with Gasteiger partial charge in [0.25, 0.3) is 0 Å². The van der Waals surface area contributed by atoms with Crippen LogP contribution in [0.2, 0.25) is 0 Å². The van der Waals surface area contributed by atoms with Crippen LogP contribution in [-0.2, 0) is 0 Å². The van der Waals surface area contributed by atoms with E-state index in [4.69, 9.17) is 0 Å². The zero-order chi connectivity index (χ0) is 20.7. The van der Waals surface area contributed by atoms with Crippen LogP contribution < -0.4 is 8.92 Å². The fourth-order valence-corrected chi connectivity index (χ4v) is 6.63. The number of aromatic nitrogens is 1. The topological polar surface area (TPSA) is 22.0 Å². The molecule has 30 heavy (non-hydrogen) atoms. The molecule has 1 aromatic heterocycles. The van der Waals surface area contributed by atoms with Gasteiger partial charge in [-0.1, -0.05) is 0 Å². The third-order valence-electron chi connectivity index (χ3n) is 5.46. The van der Waals surface area contributed by atoms with Gasteiger partial charge in [0, 0.05) is 0 Å². The molecule has 0 radical (unpaired) electrons. The molecular formula is C27H21NOSe. The van der Waals surface area contributed by atoms with Crippen molar-refractivity contribution in [1.82, 2.24) is 4.57 Å². The fraction of sp³-hybridized carbons (Fsp3) is 0.0741. The molecule has 0 saturated heterocycles. The Morgan fingerprint density at radius 1 is 0.800 bits per heavy atom. The quantitative estimate of drug-likeness (QED) is 0.349. The SMILES string of the molecule is CC(=O)n1c(-c2ccc3ccccc3c2)c([Se]c2ccccc2)c2c(C)cccc21. The van der Waals surface area contributed by atoms with Gasteiger partial charge in [0.15, 0.2) is 0 Å². The van der Waals surface area contributed by atoms with Crippen molar-refractivity contribution in [2.75, 3.05) is 0 Å². The van der Waals surface area contributed by atoms with E-state index in [-0.39, 0.29) is 20.9 Å². The van der Waals surface area contributed by atoms with E-state index in [0.29, 0.717) is 0 Å². The fourth-order valence-electron chi connectivity index (χ4n) is 4.10. The summed E-state index contributed by atoms with van der Waals surface area (Å²) in [6.07, 6.45) is 0. The molecule has 0 saturated carbocycles. The Morgan fingerprint density at radius 3 is 2.30 bits per heavy atom. The van der Waals surface area contributed by atoms with Crippen LogP contribution in [0.15, 0.2) is 91.0 Å². The number of carbonyl (C=O) groups is 1. The Balaban J connectivity index is 1.86. The van der Waals surface area contributed by atoms with Crippen LogP contribution in [0, 0.1) is 6.92 Å². The van der Waals surface area contributed by atoms with Crippen LogP contribution in [0.4, 0.5) is 0 Å². The second-order valence-corrected chi connectivity index (χ2v) is 9.75. The van der Waals surface area contributed by atoms with Crippen molar-refractivity contribution in [3.8, 4) is 11.3 Å². The first kappa shape index (κ1) is 18.9. The molecular weight excluding hydrogens is 433 g/mol. The molecule has 0 N–H and O–H groups in total. The number of aryl methyl sites for hydroxylation is 1. The molecule has 0 amide bonds. The van der Waals surface area contributed by atoms with Crippen LogP contribution in [0.5, 0.6) is 0 Å². The Morgan fingerprint density at radius 2 is 1.53 bits per heavy atom. The van der Waals surface area contributed by atoms with Crippen LogP contribution in [0.25, 0.3) is 32.9 Å². The Hall–Kier alpha value is -3.13. The summed E-state index contributed by atoms with van der Waals surface area (Å²) in [6, 6.07) is 31.7. The predicted octanol–water partition coefficient (Wildman–Crippen LogP) is 5.09. The predicted molar refractivity (Wildman–Crippen MR) is 127 cm³/mol. The molecule has 0 unspecified atom stereocenters. The van der Waals surface area contributed by atoms with Crippen molar-refractivity contribution in [3.05, 3.63) is 96.6 Å². The maximum atomic E-state index is 12.9. The van der Waals surface area contributed by atoms with Crippen molar-refractivity contribution in [2.24, 2.45) is 0 Å². The number of hydrogen-bond acceptors (Lipinski definition) is 1. The molecule has 0 bridgehead atoms. The van der Waals surface area contributed by atoms with E-state index in [0.717, 1.165) is 16.8 Å². The van der Waals surface area contributed by atoms with Gasteiger partial charge in [-0.05, 0) is 0 Å². The first-order chi connectivity index (χ1) is 14.6. The molecule has 0 spiro atoms. The molecule has 0 aliphatic carbocycles. The first-order valence-corrected chi connectivity index (χ1v) is 11.7. The van der Waals surface area contributed by atoms with Crippen molar-refractivity contribution in [1.29, 1.82) is 0 Å². The van der Waals surface area contributed by atoms with Crippen LogP contribution in [-0.4, -0.2) is 25.4 Å². The van der Waals surface area contributed by atoms with E-state index in [9.17, 15) is 4.79 Å². The molecule has 1 heterocycles. The normalized spacial score (nSPS) is 11.3. The average Bonchev–Trinajstić information content (AvgIpc) is 3.09. The minimum atomic E-state index is 0.0453. The third-order valence-corrected chi connectivity index (χ3v) is 7.79. The molecule has 5 aromatic rings. The maximum absolute atomic E-state index is 12.9. The number of rotatable bonds is 3. The van der Waals surface area contributed by atoms with Gasteiger partial charge in [-0.2, -0.15) is 0 Å². The van der Waals surface area contributed by atoms with Crippen molar-refractivity contribution in [2.45, 2.75) is 13.8 Å². The first-order valence-electron chi connectivity index (χ1n) is 10.0. The molecule has 4 aromatic carbocycles. The summed E-state index contributed by atoms with van der Waals surface area (Å²) in [4.78, 5) is 12.9. The number of hydrogen-bond donors (Lipinski definition) is 0. The van der Waals surface area contributed by atoms with Crippen LogP contribution in [0.3, 0.4) is 0 Å². The van der Waals surface area contributed by atoms with E-state index in [1.807, 2.05) is 16.7 Å². The number of fused-ring (bicyclic) bond motifs is 2. The Bertz CT molecular complexity index is 1400. The summed E-state index contributed by atoms with van der Waals surface area (Å²) in [5.41, 5.74) is 4.33. The number of benzene rings is 4. The van der Waals surface area contributed by atoms with E-state index in [1.54, 1.807) is 6.92 Å². The molecule has 3 heteroatoms. The summed E-state index contributed by atoms with van der Waals surface area (Å²) in [5, 5.41) is 3.60. The third kappa shape index (κ3) is 3.17.